The summed E-state index contributed by atoms with van der Waals surface area (Å²) in [6.07, 6.45) is 8.75. The van der Waals surface area contributed by atoms with Gasteiger partial charge < -0.3 is 0 Å². The van der Waals surface area contributed by atoms with Crippen LogP contribution in [0, 0.1) is 11.8 Å². The molecule has 1 aromatic carbocycles. The first-order valence-corrected chi connectivity index (χ1v) is 9.19. The number of hydrogen-bond donors (Lipinski definition) is 0. The van der Waals surface area contributed by atoms with E-state index >= 15 is 0 Å². The summed E-state index contributed by atoms with van der Waals surface area (Å²) in [4.78, 5) is 2.91. The minimum Gasteiger partial charge on any atom is -0.292 e. The van der Waals surface area contributed by atoms with Crippen molar-refractivity contribution in [1.82, 2.24) is 4.90 Å². The van der Waals surface area contributed by atoms with Gasteiger partial charge >= 0.3 is 0 Å². The number of hydrogen-bond acceptors (Lipinski definition) is 1. The molecule has 3 fully saturated rings. The van der Waals surface area contributed by atoms with Gasteiger partial charge in [0, 0.05) is 22.5 Å². The Hall–Kier alpha value is -0.340. The van der Waals surface area contributed by atoms with Crippen molar-refractivity contribution in [3.05, 3.63) is 33.8 Å². The largest absolute Gasteiger partial charge is 0.292 e. The fraction of sp³-hybridized carbons (Fsp3) is 0.667. The lowest BCUT2D eigenvalue weighted by Gasteiger charge is -2.59. The smallest absolute Gasteiger partial charge is 0.0385 e. The first kappa shape index (κ1) is 12.2. The SMILES string of the molecule is Brc1ccc2c(c1)C1C3CCCC3C2N2CCCCC12. The van der Waals surface area contributed by atoms with E-state index < -0.39 is 0 Å². The summed E-state index contributed by atoms with van der Waals surface area (Å²) in [5.41, 5.74) is 3.38. The van der Waals surface area contributed by atoms with Crippen molar-refractivity contribution in [2.45, 2.75) is 56.5 Å². The standard InChI is InChI=1S/C18H22BrN/c19-11-7-8-14-15(10-11)17-12-4-3-5-13(12)18(14)20-9-2-1-6-16(17)20/h7-8,10,12-13,16-18H,1-6,9H2. The maximum atomic E-state index is 3.71. The topological polar surface area (TPSA) is 3.24 Å². The predicted octanol–water partition coefficient (Wildman–Crippen LogP) is 4.87. The first-order valence-electron chi connectivity index (χ1n) is 8.40. The Morgan fingerprint density at radius 2 is 1.85 bits per heavy atom. The molecule has 2 aliphatic carbocycles. The molecule has 0 N–H and O–H groups in total. The molecular weight excluding hydrogens is 310 g/mol. The van der Waals surface area contributed by atoms with Crippen LogP contribution in [0.4, 0.5) is 0 Å². The van der Waals surface area contributed by atoms with Crippen molar-refractivity contribution >= 4 is 15.9 Å². The fourth-order valence-electron chi connectivity index (χ4n) is 6.05. The molecule has 5 atom stereocenters. The van der Waals surface area contributed by atoms with Crippen LogP contribution in [0.5, 0.6) is 0 Å². The van der Waals surface area contributed by atoms with E-state index in [0.717, 1.165) is 29.8 Å². The molecule has 0 aromatic heterocycles. The summed E-state index contributed by atoms with van der Waals surface area (Å²) < 4.78 is 1.28. The monoisotopic (exact) mass is 331 g/mol. The molecular formula is C18H22BrN. The molecule has 2 bridgehead atoms. The van der Waals surface area contributed by atoms with Crippen LogP contribution in [0.2, 0.25) is 0 Å². The Bertz CT molecular complexity index is 554. The Morgan fingerprint density at radius 3 is 2.80 bits per heavy atom. The number of piperidine rings is 2. The van der Waals surface area contributed by atoms with E-state index in [4.69, 9.17) is 0 Å². The van der Waals surface area contributed by atoms with Gasteiger partial charge in [0.25, 0.3) is 0 Å². The molecule has 0 spiro atoms. The minimum absolute atomic E-state index is 0.751. The number of benzene rings is 1. The van der Waals surface area contributed by atoms with Crippen molar-refractivity contribution in [2.75, 3.05) is 6.54 Å². The van der Waals surface area contributed by atoms with Crippen molar-refractivity contribution in [2.24, 2.45) is 11.8 Å². The van der Waals surface area contributed by atoms with Crippen LogP contribution in [0.25, 0.3) is 0 Å². The van der Waals surface area contributed by atoms with Gasteiger partial charge in [0.2, 0.25) is 0 Å². The average molecular weight is 332 g/mol. The van der Waals surface area contributed by atoms with Gasteiger partial charge in [-0.2, -0.15) is 0 Å². The second-order valence-electron chi connectivity index (χ2n) is 7.30. The molecule has 6 rings (SSSR count). The van der Waals surface area contributed by atoms with Crippen LogP contribution in [0.3, 0.4) is 0 Å². The van der Waals surface area contributed by atoms with E-state index in [2.05, 4.69) is 39.0 Å². The molecule has 2 saturated heterocycles. The quantitative estimate of drug-likeness (QED) is 0.655. The molecule has 3 heterocycles. The second kappa shape index (κ2) is 4.33. The van der Waals surface area contributed by atoms with Crippen molar-refractivity contribution in [1.29, 1.82) is 0 Å². The highest BCUT2D eigenvalue weighted by molar-refractivity contribution is 9.10. The van der Waals surface area contributed by atoms with Crippen molar-refractivity contribution in [3.63, 3.8) is 0 Å². The summed E-state index contributed by atoms with van der Waals surface area (Å²) in [5.74, 6) is 2.78. The molecule has 1 aromatic rings. The Morgan fingerprint density at radius 1 is 0.950 bits per heavy atom. The van der Waals surface area contributed by atoms with Crippen molar-refractivity contribution < 1.29 is 0 Å². The molecule has 3 aliphatic heterocycles. The lowest BCUT2D eigenvalue weighted by atomic mass is 9.59. The van der Waals surface area contributed by atoms with Gasteiger partial charge in [0.05, 0.1) is 0 Å². The molecule has 1 saturated carbocycles. The molecule has 20 heavy (non-hydrogen) atoms. The van der Waals surface area contributed by atoms with Gasteiger partial charge in [-0.15, -0.1) is 0 Å². The third kappa shape index (κ3) is 1.47. The van der Waals surface area contributed by atoms with E-state index in [-0.39, 0.29) is 0 Å². The summed E-state index contributed by atoms with van der Waals surface area (Å²) in [6, 6.07) is 8.75. The zero-order valence-electron chi connectivity index (χ0n) is 11.9. The lowest BCUT2D eigenvalue weighted by Crippen LogP contribution is -2.58. The van der Waals surface area contributed by atoms with Crippen LogP contribution in [0.1, 0.15) is 61.6 Å². The molecule has 2 heteroatoms. The van der Waals surface area contributed by atoms with Crippen LogP contribution in [0.15, 0.2) is 22.7 Å². The normalized spacial score (nSPS) is 42.1. The van der Waals surface area contributed by atoms with E-state index in [1.54, 1.807) is 11.1 Å². The highest BCUT2D eigenvalue weighted by atomic mass is 79.9. The molecule has 106 valence electrons. The van der Waals surface area contributed by atoms with Gasteiger partial charge in [0.15, 0.2) is 0 Å². The number of rotatable bonds is 0. The van der Waals surface area contributed by atoms with Crippen molar-refractivity contribution in [3.8, 4) is 0 Å². The fourth-order valence-corrected chi connectivity index (χ4v) is 6.43. The van der Waals surface area contributed by atoms with Crippen LogP contribution in [-0.2, 0) is 0 Å². The Kier molecular flexibility index (Phi) is 2.65. The zero-order chi connectivity index (χ0) is 13.3. The predicted molar refractivity (Wildman–Crippen MR) is 84.8 cm³/mol. The van der Waals surface area contributed by atoms with Crippen LogP contribution in [-0.4, -0.2) is 17.5 Å². The summed E-state index contributed by atoms with van der Waals surface area (Å²) in [6.45, 7) is 1.35. The highest BCUT2D eigenvalue weighted by Crippen LogP contribution is 2.62. The number of nitrogens with zero attached hydrogens (tertiary/aromatic N) is 1. The first-order chi connectivity index (χ1) is 9.84. The summed E-state index contributed by atoms with van der Waals surface area (Å²) in [7, 11) is 0. The minimum atomic E-state index is 0.751. The van der Waals surface area contributed by atoms with Gasteiger partial charge in [-0.3, -0.25) is 4.90 Å². The van der Waals surface area contributed by atoms with E-state index in [1.165, 1.54) is 49.5 Å². The molecule has 0 radical (unpaired) electrons. The molecule has 0 amide bonds. The zero-order valence-corrected chi connectivity index (χ0v) is 13.5. The Labute approximate surface area is 129 Å². The van der Waals surface area contributed by atoms with Gasteiger partial charge in [-0.25, -0.2) is 0 Å². The highest BCUT2D eigenvalue weighted by Gasteiger charge is 2.56. The maximum absolute atomic E-state index is 3.71. The van der Waals surface area contributed by atoms with Gasteiger partial charge in [-0.05, 0) is 67.3 Å². The summed E-state index contributed by atoms with van der Waals surface area (Å²) in [5, 5.41) is 0. The average Bonchev–Trinajstić information content (AvgIpc) is 2.96. The molecule has 5 unspecified atom stereocenters. The molecule has 1 nitrogen and oxygen atoms in total. The van der Waals surface area contributed by atoms with E-state index in [0.29, 0.717) is 0 Å². The molecule has 5 aliphatic rings. The maximum Gasteiger partial charge on any atom is 0.0385 e. The van der Waals surface area contributed by atoms with Gasteiger partial charge in [0.1, 0.15) is 0 Å². The lowest BCUT2D eigenvalue weighted by molar-refractivity contribution is -0.0441. The summed E-state index contributed by atoms with van der Waals surface area (Å²) >= 11 is 3.71. The van der Waals surface area contributed by atoms with Gasteiger partial charge in [-0.1, -0.05) is 34.8 Å². The van der Waals surface area contributed by atoms with Crippen LogP contribution < -0.4 is 0 Å². The number of halogens is 1. The third-order valence-electron chi connectivity index (χ3n) is 6.58. The van der Waals surface area contributed by atoms with E-state index in [9.17, 15) is 0 Å². The third-order valence-corrected chi connectivity index (χ3v) is 7.08. The van der Waals surface area contributed by atoms with Crippen LogP contribution >= 0.6 is 15.9 Å². The Balaban J connectivity index is 1.71. The van der Waals surface area contributed by atoms with E-state index in [1.807, 2.05) is 0 Å². The second-order valence-corrected chi connectivity index (χ2v) is 8.22.